The monoisotopic (exact) mass is 253 g/mol. The molecule has 0 aliphatic heterocycles. The van der Waals surface area contributed by atoms with E-state index in [1.807, 2.05) is 19.1 Å². The maximum Gasteiger partial charge on any atom is 0.414 e. The largest absolute Gasteiger partial charge is 0.414 e. The van der Waals surface area contributed by atoms with Crippen molar-refractivity contribution in [1.82, 2.24) is 0 Å². The highest BCUT2D eigenvalue weighted by atomic mass is 19.4. The smallest absolute Gasteiger partial charge is 0.355 e. The molecule has 0 fully saturated rings. The van der Waals surface area contributed by atoms with Gasteiger partial charge in [-0.25, -0.2) is 0 Å². The fourth-order valence-electron chi connectivity index (χ4n) is 1.87. The van der Waals surface area contributed by atoms with Crippen molar-refractivity contribution >= 4 is 5.69 Å². The Hall–Kier alpha value is -1.71. The van der Waals surface area contributed by atoms with Crippen LogP contribution in [0.5, 0.6) is 0 Å². The number of hydrogen-bond donors (Lipinski definition) is 1. The van der Waals surface area contributed by atoms with E-state index in [-0.39, 0.29) is 12.1 Å². The van der Waals surface area contributed by atoms with E-state index in [4.69, 9.17) is 0 Å². The minimum atomic E-state index is -4.27. The summed E-state index contributed by atoms with van der Waals surface area (Å²) in [6.07, 6.45) is -0.530. The molecule has 18 heavy (non-hydrogen) atoms. The molecule has 0 bridgehead atoms. The Morgan fingerprint density at radius 2 is 1.78 bits per heavy atom. The summed E-state index contributed by atoms with van der Waals surface area (Å²) in [5.74, 6) is 0. The van der Waals surface area contributed by atoms with Gasteiger partial charge >= 0.3 is 6.18 Å². The maximum absolute atomic E-state index is 12.8. The molecule has 0 amide bonds. The molecule has 0 unspecified atom stereocenters. The van der Waals surface area contributed by atoms with Gasteiger partial charge in [-0.2, -0.15) is 13.2 Å². The number of aryl methyl sites for hydroxylation is 1. The van der Waals surface area contributed by atoms with Crippen LogP contribution < -0.4 is 5.32 Å². The van der Waals surface area contributed by atoms with Crippen molar-refractivity contribution in [1.29, 1.82) is 0 Å². The Morgan fingerprint density at radius 1 is 1.11 bits per heavy atom. The molecule has 1 nitrogen and oxygen atoms in total. The number of nitrogens with one attached hydrogen (secondary N) is 1. The van der Waals surface area contributed by atoms with Crippen LogP contribution in [0.2, 0.25) is 0 Å². The summed E-state index contributed by atoms with van der Waals surface area (Å²) >= 11 is 0. The number of allylic oxidation sites excluding steroid dienone is 3. The third-order valence-corrected chi connectivity index (χ3v) is 2.84. The quantitative estimate of drug-likeness (QED) is 0.813. The highest BCUT2D eigenvalue weighted by Crippen LogP contribution is 2.34. The summed E-state index contributed by atoms with van der Waals surface area (Å²) in [5, 5.41) is 2.84. The summed E-state index contributed by atoms with van der Waals surface area (Å²) < 4.78 is 38.5. The Kier molecular flexibility index (Phi) is 3.45. The minimum absolute atomic E-state index is 0.0359. The molecular weight excluding hydrogens is 239 g/mol. The van der Waals surface area contributed by atoms with Gasteiger partial charge in [0.15, 0.2) is 0 Å². The van der Waals surface area contributed by atoms with Crippen LogP contribution in [0.3, 0.4) is 0 Å². The lowest BCUT2D eigenvalue weighted by Crippen LogP contribution is -2.18. The summed E-state index contributed by atoms with van der Waals surface area (Å²) in [5.41, 5.74) is 1.41. The average Bonchev–Trinajstić information content (AvgIpc) is 2.31. The van der Waals surface area contributed by atoms with Gasteiger partial charge in [0.05, 0.1) is 5.57 Å². The zero-order valence-electron chi connectivity index (χ0n) is 10.0. The van der Waals surface area contributed by atoms with E-state index in [1.54, 1.807) is 18.2 Å². The highest BCUT2D eigenvalue weighted by Gasteiger charge is 2.36. The second kappa shape index (κ2) is 4.88. The van der Waals surface area contributed by atoms with Gasteiger partial charge in [-0.15, -0.1) is 0 Å². The number of anilines is 1. The predicted octanol–water partition coefficient (Wildman–Crippen LogP) is 4.57. The third kappa shape index (κ3) is 2.94. The van der Waals surface area contributed by atoms with Crippen molar-refractivity contribution < 1.29 is 13.2 Å². The Morgan fingerprint density at radius 3 is 2.39 bits per heavy atom. The lowest BCUT2D eigenvalue weighted by molar-refractivity contribution is -0.0946. The molecule has 0 atom stereocenters. The first kappa shape index (κ1) is 12.7. The second-order valence-electron chi connectivity index (χ2n) is 4.32. The molecule has 2 rings (SSSR count). The van der Waals surface area contributed by atoms with Crippen molar-refractivity contribution in [3.05, 3.63) is 53.3 Å². The van der Waals surface area contributed by atoms with Crippen molar-refractivity contribution in [3.63, 3.8) is 0 Å². The number of hydrogen-bond acceptors (Lipinski definition) is 1. The molecule has 1 aliphatic rings. The van der Waals surface area contributed by atoms with E-state index in [0.717, 1.165) is 5.56 Å². The van der Waals surface area contributed by atoms with Crippen LogP contribution in [0.4, 0.5) is 18.9 Å². The summed E-state index contributed by atoms with van der Waals surface area (Å²) in [7, 11) is 0. The van der Waals surface area contributed by atoms with Crippen LogP contribution in [-0.2, 0) is 0 Å². The molecule has 1 aromatic carbocycles. The molecular formula is C14H14F3N. The fraction of sp³-hybridized carbons (Fsp3) is 0.286. The number of benzene rings is 1. The standard InChI is InChI=1S/C14H14F3N/c1-10-6-8-11(9-7-10)18-13-5-3-2-4-12(13)14(15,16)17/h3,5-9,18H,2,4H2,1H3. The van der Waals surface area contributed by atoms with Crippen molar-refractivity contribution in [2.75, 3.05) is 5.32 Å². The van der Waals surface area contributed by atoms with Crippen molar-refractivity contribution in [3.8, 4) is 0 Å². The van der Waals surface area contributed by atoms with E-state index in [9.17, 15) is 13.2 Å². The molecule has 4 heteroatoms. The Bertz CT molecular complexity index is 481. The van der Waals surface area contributed by atoms with Crippen LogP contribution in [0, 0.1) is 6.92 Å². The first-order valence-electron chi connectivity index (χ1n) is 5.77. The van der Waals surface area contributed by atoms with Crippen LogP contribution in [0.1, 0.15) is 18.4 Å². The first-order chi connectivity index (χ1) is 8.47. The van der Waals surface area contributed by atoms with E-state index in [0.29, 0.717) is 12.1 Å². The number of halogens is 3. The summed E-state index contributed by atoms with van der Waals surface area (Å²) in [4.78, 5) is 0. The van der Waals surface area contributed by atoms with Gasteiger partial charge in [0.2, 0.25) is 0 Å². The van der Waals surface area contributed by atoms with Gasteiger partial charge < -0.3 is 5.32 Å². The number of alkyl halides is 3. The topological polar surface area (TPSA) is 12.0 Å². The van der Waals surface area contributed by atoms with Gasteiger partial charge in [0.1, 0.15) is 0 Å². The molecule has 0 aromatic heterocycles. The molecule has 0 saturated heterocycles. The third-order valence-electron chi connectivity index (χ3n) is 2.84. The molecule has 0 spiro atoms. The lowest BCUT2D eigenvalue weighted by Gasteiger charge is -2.19. The Labute approximate surface area is 104 Å². The maximum atomic E-state index is 12.8. The zero-order chi connectivity index (χ0) is 13.2. The van der Waals surface area contributed by atoms with Gasteiger partial charge in [-0.1, -0.05) is 23.8 Å². The molecule has 1 aromatic rings. The lowest BCUT2D eigenvalue weighted by atomic mass is 10.0. The van der Waals surface area contributed by atoms with Crippen LogP contribution in [0.15, 0.2) is 47.7 Å². The molecule has 1 N–H and O–H groups in total. The van der Waals surface area contributed by atoms with Crippen LogP contribution in [-0.4, -0.2) is 6.18 Å². The molecule has 0 saturated carbocycles. The normalized spacial score (nSPS) is 16.0. The van der Waals surface area contributed by atoms with E-state index in [2.05, 4.69) is 5.32 Å². The van der Waals surface area contributed by atoms with Gasteiger partial charge in [-0.3, -0.25) is 0 Å². The average molecular weight is 253 g/mol. The fourth-order valence-corrected chi connectivity index (χ4v) is 1.87. The minimum Gasteiger partial charge on any atom is -0.355 e. The van der Waals surface area contributed by atoms with E-state index in [1.165, 1.54) is 6.08 Å². The predicted molar refractivity (Wildman–Crippen MR) is 66.3 cm³/mol. The zero-order valence-corrected chi connectivity index (χ0v) is 10.0. The van der Waals surface area contributed by atoms with E-state index < -0.39 is 11.7 Å². The molecule has 96 valence electrons. The Balaban J connectivity index is 2.27. The molecule has 0 radical (unpaired) electrons. The number of rotatable bonds is 2. The highest BCUT2D eigenvalue weighted by molar-refractivity contribution is 5.54. The SMILES string of the molecule is Cc1ccc(NC2=C(C(F)(F)F)CCC=C2)cc1. The van der Waals surface area contributed by atoms with Crippen molar-refractivity contribution in [2.24, 2.45) is 0 Å². The second-order valence-corrected chi connectivity index (χ2v) is 4.32. The van der Waals surface area contributed by atoms with Gasteiger partial charge in [0.25, 0.3) is 0 Å². The van der Waals surface area contributed by atoms with Crippen LogP contribution >= 0.6 is 0 Å². The summed E-state index contributed by atoms with van der Waals surface area (Å²) in [6, 6.07) is 7.28. The van der Waals surface area contributed by atoms with Crippen LogP contribution in [0.25, 0.3) is 0 Å². The first-order valence-corrected chi connectivity index (χ1v) is 5.77. The molecule has 1 aliphatic carbocycles. The van der Waals surface area contributed by atoms with Gasteiger partial charge in [-0.05, 0) is 38.0 Å². The van der Waals surface area contributed by atoms with Crippen molar-refractivity contribution in [2.45, 2.75) is 25.9 Å². The van der Waals surface area contributed by atoms with E-state index >= 15 is 0 Å². The molecule has 0 heterocycles. The van der Waals surface area contributed by atoms with Gasteiger partial charge in [0, 0.05) is 11.4 Å². The summed E-state index contributed by atoms with van der Waals surface area (Å²) in [6.45, 7) is 1.94.